The molecule has 3 unspecified atom stereocenters. The van der Waals surface area contributed by atoms with Crippen LogP contribution in [0.25, 0.3) is 0 Å². The molecule has 0 aliphatic heterocycles. The van der Waals surface area contributed by atoms with Gasteiger partial charge in [-0.05, 0) is 70.6 Å². The van der Waals surface area contributed by atoms with E-state index < -0.39 is 51.8 Å². The van der Waals surface area contributed by atoms with Crippen LogP contribution in [0.2, 0.25) is 0 Å². The van der Waals surface area contributed by atoms with Crippen molar-refractivity contribution in [3.63, 3.8) is 0 Å². The Hall–Kier alpha value is -1.81. The number of allylic oxidation sites excluding steroid dienone is 6. The molecule has 0 aromatic rings. The van der Waals surface area contributed by atoms with Gasteiger partial charge in [-0.15, -0.1) is 0 Å². The molecule has 11 heteroatoms. The van der Waals surface area contributed by atoms with Crippen LogP contribution in [0.1, 0.15) is 206 Å². The summed E-state index contributed by atoms with van der Waals surface area (Å²) < 4.78 is 32.7. The van der Waals surface area contributed by atoms with E-state index in [-0.39, 0.29) is 19.4 Å². The summed E-state index contributed by atoms with van der Waals surface area (Å²) in [6, 6.07) is 0. The molecule has 3 atom stereocenters. The highest BCUT2D eigenvalue weighted by Crippen LogP contribution is 2.43. The number of rotatable bonds is 43. The molecule has 0 aromatic carbocycles. The summed E-state index contributed by atoms with van der Waals surface area (Å²) >= 11 is 0. The summed E-state index contributed by atoms with van der Waals surface area (Å²) in [5.41, 5.74) is 0. The SMILES string of the molecule is CCCCCC/C=C\CCCCCCCC(=O)OCC(COP(=O)(O)OCC(O)CO)OC(=O)CCCCCCCCCCC/C=C\C/C=C\CCCCCCC. The molecule has 334 valence electrons. The number of aliphatic hydroxyl groups is 2. The van der Waals surface area contributed by atoms with Crippen LogP contribution >= 0.6 is 7.82 Å². The second-order valence-electron chi connectivity index (χ2n) is 15.4. The van der Waals surface area contributed by atoms with Crippen molar-refractivity contribution in [3.05, 3.63) is 36.5 Å². The largest absolute Gasteiger partial charge is 0.472 e. The van der Waals surface area contributed by atoms with E-state index in [1.165, 1.54) is 96.3 Å². The highest BCUT2D eigenvalue weighted by atomic mass is 31.2. The monoisotopic (exact) mass is 829 g/mol. The standard InChI is InChI=1S/C46H85O10P/c1-3-5-7-9-11-13-15-17-18-19-20-21-22-23-24-26-28-30-32-34-36-38-46(50)56-44(42-55-57(51,52)54-40-43(48)39-47)41-53-45(49)37-35-33-31-29-27-25-16-14-12-10-8-6-4-2/h14-17,19-20,43-44,47-48H,3-13,18,21-42H2,1-2H3,(H,51,52)/b16-14-,17-15-,20-19-. The summed E-state index contributed by atoms with van der Waals surface area (Å²) in [7, 11) is -4.62. The van der Waals surface area contributed by atoms with Crippen LogP contribution in [0, 0.1) is 0 Å². The van der Waals surface area contributed by atoms with Crippen molar-refractivity contribution in [3.8, 4) is 0 Å². The van der Waals surface area contributed by atoms with Crippen LogP contribution in [-0.2, 0) is 32.7 Å². The molecule has 0 saturated carbocycles. The van der Waals surface area contributed by atoms with E-state index >= 15 is 0 Å². The fourth-order valence-electron chi connectivity index (χ4n) is 6.19. The molecule has 0 bridgehead atoms. The smallest absolute Gasteiger partial charge is 0.462 e. The van der Waals surface area contributed by atoms with Crippen LogP contribution in [0.4, 0.5) is 0 Å². The van der Waals surface area contributed by atoms with Gasteiger partial charge in [-0.25, -0.2) is 4.57 Å². The zero-order valence-corrected chi connectivity index (χ0v) is 37.2. The van der Waals surface area contributed by atoms with Gasteiger partial charge in [-0.1, -0.05) is 159 Å². The van der Waals surface area contributed by atoms with Gasteiger partial charge < -0.3 is 24.6 Å². The first-order valence-corrected chi connectivity index (χ1v) is 24.4. The van der Waals surface area contributed by atoms with E-state index in [9.17, 15) is 24.2 Å². The van der Waals surface area contributed by atoms with E-state index in [1.807, 2.05) is 0 Å². The Morgan fingerprint density at radius 1 is 0.526 bits per heavy atom. The average molecular weight is 829 g/mol. The van der Waals surface area contributed by atoms with Crippen molar-refractivity contribution in [2.24, 2.45) is 0 Å². The minimum atomic E-state index is -4.62. The number of aliphatic hydroxyl groups excluding tert-OH is 2. The fourth-order valence-corrected chi connectivity index (χ4v) is 6.98. The van der Waals surface area contributed by atoms with Crippen LogP contribution in [0.3, 0.4) is 0 Å². The number of phosphoric acid groups is 1. The molecule has 0 saturated heterocycles. The summed E-state index contributed by atoms with van der Waals surface area (Å²) in [6.45, 7) is 2.35. The Balaban J connectivity index is 4.24. The average Bonchev–Trinajstić information content (AvgIpc) is 3.20. The normalized spacial score (nSPS) is 14.1. The Morgan fingerprint density at radius 3 is 1.39 bits per heavy atom. The van der Waals surface area contributed by atoms with Gasteiger partial charge in [0.2, 0.25) is 0 Å². The molecule has 0 fully saturated rings. The van der Waals surface area contributed by atoms with Gasteiger partial charge >= 0.3 is 19.8 Å². The van der Waals surface area contributed by atoms with Crippen molar-refractivity contribution in [1.29, 1.82) is 0 Å². The molecule has 0 radical (unpaired) electrons. The maximum Gasteiger partial charge on any atom is 0.472 e. The third kappa shape index (κ3) is 42.1. The van der Waals surface area contributed by atoms with Crippen molar-refractivity contribution in [1.82, 2.24) is 0 Å². The molecule has 10 nitrogen and oxygen atoms in total. The van der Waals surface area contributed by atoms with Gasteiger partial charge in [0.15, 0.2) is 6.10 Å². The van der Waals surface area contributed by atoms with Gasteiger partial charge in [0.25, 0.3) is 0 Å². The summed E-state index contributed by atoms with van der Waals surface area (Å²) in [6.07, 6.45) is 43.9. The summed E-state index contributed by atoms with van der Waals surface area (Å²) in [5, 5.41) is 18.3. The van der Waals surface area contributed by atoms with Gasteiger partial charge in [0.05, 0.1) is 19.8 Å². The van der Waals surface area contributed by atoms with Crippen LogP contribution in [0.5, 0.6) is 0 Å². The van der Waals surface area contributed by atoms with Gasteiger partial charge in [0, 0.05) is 12.8 Å². The summed E-state index contributed by atoms with van der Waals surface area (Å²) in [4.78, 5) is 35.0. The second kappa shape index (κ2) is 42.3. The quantitative estimate of drug-likeness (QED) is 0.0235. The molecule has 0 aliphatic carbocycles. The molecular formula is C46H85O10P. The zero-order valence-electron chi connectivity index (χ0n) is 36.3. The Morgan fingerprint density at radius 2 is 0.912 bits per heavy atom. The minimum absolute atomic E-state index is 0.178. The molecular weight excluding hydrogens is 743 g/mol. The van der Waals surface area contributed by atoms with E-state index in [2.05, 4.69) is 50.3 Å². The van der Waals surface area contributed by atoms with Crippen LogP contribution in [0.15, 0.2) is 36.5 Å². The molecule has 57 heavy (non-hydrogen) atoms. The van der Waals surface area contributed by atoms with E-state index in [1.54, 1.807) is 0 Å². The fraction of sp³-hybridized carbons (Fsp3) is 0.826. The first-order chi connectivity index (χ1) is 27.7. The van der Waals surface area contributed by atoms with E-state index in [4.69, 9.17) is 23.6 Å². The van der Waals surface area contributed by atoms with Gasteiger partial charge in [-0.3, -0.25) is 18.6 Å². The van der Waals surface area contributed by atoms with Gasteiger partial charge in [-0.2, -0.15) is 0 Å². The molecule has 0 amide bonds. The highest BCUT2D eigenvalue weighted by Gasteiger charge is 2.27. The molecule has 0 rings (SSSR count). The van der Waals surface area contributed by atoms with Crippen molar-refractivity contribution < 1.29 is 47.8 Å². The number of phosphoric ester groups is 1. The van der Waals surface area contributed by atoms with Crippen LogP contribution < -0.4 is 0 Å². The predicted molar refractivity (Wildman–Crippen MR) is 233 cm³/mol. The lowest BCUT2D eigenvalue weighted by Crippen LogP contribution is -2.29. The number of ether oxygens (including phenoxy) is 2. The third-order valence-electron chi connectivity index (χ3n) is 9.77. The van der Waals surface area contributed by atoms with Crippen molar-refractivity contribution >= 4 is 19.8 Å². The molecule has 0 aliphatic rings. The zero-order chi connectivity index (χ0) is 41.9. The molecule has 0 heterocycles. The number of hydrogen-bond donors (Lipinski definition) is 3. The molecule has 3 N–H and O–H groups in total. The number of unbranched alkanes of at least 4 members (excludes halogenated alkanes) is 23. The Labute approximate surface area is 348 Å². The third-order valence-corrected chi connectivity index (χ3v) is 10.7. The van der Waals surface area contributed by atoms with Gasteiger partial charge in [0.1, 0.15) is 12.7 Å². The molecule has 0 aromatic heterocycles. The second-order valence-corrected chi connectivity index (χ2v) is 16.9. The maximum absolute atomic E-state index is 12.6. The first kappa shape index (κ1) is 55.2. The lowest BCUT2D eigenvalue weighted by Gasteiger charge is -2.20. The maximum atomic E-state index is 12.6. The van der Waals surface area contributed by atoms with E-state index in [0.29, 0.717) is 12.8 Å². The van der Waals surface area contributed by atoms with Crippen molar-refractivity contribution in [2.75, 3.05) is 26.4 Å². The first-order valence-electron chi connectivity index (χ1n) is 22.9. The summed E-state index contributed by atoms with van der Waals surface area (Å²) in [5.74, 6) is -0.936. The Bertz CT molecular complexity index is 1050. The number of esters is 2. The number of carbonyl (C=O) groups excluding carboxylic acids is 2. The van der Waals surface area contributed by atoms with Crippen molar-refractivity contribution in [2.45, 2.75) is 219 Å². The Kier molecular flexibility index (Phi) is 41.0. The highest BCUT2D eigenvalue weighted by molar-refractivity contribution is 7.47. The van der Waals surface area contributed by atoms with Crippen LogP contribution in [-0.4, -0.2) is 65.7 Å². The number of hydrogen-bond acceptors (Lipinski definition) is 9. The number of carbonyl (C=O) groups is 2. The lowest BCUT2D eigenvalue weighted by atomic mass is 10.1. The minimum Gasteiger partial charge on any atom is -0.462 e. The van der Waals surface area contributed by atoms with E-state index in [0.717, 1.165) is 70.6 Å². The lowest BCUT2D eigenvalue weighted by molar-refractivity contribution is -0.161. The molecule has 0 spiro atoms. The predicted octanol–water partition coefficient (Wildman–Crippen LogP) is 12.3. The topological polar surface area (TPSA) is 149 Å².